The maximum Gasteiger partial charge on any atom is 0.311 e. The van der Waals surface area contributed by atoms with Crippen LogP contribution < -0.4 is 0 Å². The number of methoxy groups -OCH3 is 1. The second-order valence-corrected chi connectivity index (χ2v) is 1.17. The van der Waals surface area contributed by atoms with Gasteiger partial charge in [0.2, 0.25) is 6.43 Å². The summed E-state index contributed by atoms with van der Waals surface area (Å²) in [5.41, 5.74) is 0. The molecular weight excluding hydrogens is 118 g/mol. The van der Waals surface area contributed by atoms with Gasteiger partial charge < -0.3 is 4.74 Å². The molecule has 8 heavy (non-hydrogen) atoms. The van der Waals surface area contributed by atoms with Crippen molar-refractivity contribution in [2.45, 2.75) is 12.8 Å². The SMILES string of the molecule is COC(=O)CC(F)F. The lowest BCUT2D eigenvalue weighted by molar-refractivity contribution is -0.143. The number of alkyl halides is 2. The summed E-state index contributed by atoms with van der Waals surface area (Å²) >= 11 is 0. The van der Waals surface area contributed by atoms with Crippen LogP contribution in [0.4, 0.5) is 8.78 Å². The first-order valence-corrected chi connectivity index (χ1v) is 2.01. The molecule has 0 bridgehead atoms. The van der Waals surface area contributed by atoms with Crippen LogP contribution in [0.5, 0.6) is 0 Å². The van der Waals surface area contributed by atoms with Crippen molar-refractivity contribution in [2.75, 3.05) is 7.11 Å². The van der Waals surface area contributed by atoms with E-state index in [9.17, 15) is 13.6 Å². The van der Waals surface area contributed by atoms with Gasteiger partial charge in [0.1, 0.15) is 6.42 Å². The highest BCUT2D eigenvalue weighted by Crippen LogP contribution is 1.98. The van der Waals surface area contributed by atoms with E-state index in [2.05, 4.69) is 4.74 Å². The summed E-state index contributed by atoms with van der Waals surface area (Å²) < 4.78 is 26.3. The fourth-order valence-electron chi connectivity index (χ4n) is 0.209. The number of ether oxygens (including phenoxy) is 1. The Morgan fingerprint density at radius 3 is 2.38 bits per heavy atom. The zero-order valence-corrected chi connectivity index (χ0v) is 4.36. The van der Waals surface area contributed by atoms with Gasteiger partial charge in [-0.15, -0.1) is 0 Å². The predicted molar refractivity (Wildman–Crippen MR) is 22.6 cm³/mol. The van der Waals surface area contributed by atoms with Crippen LogP contribution in [0.15, 0.2) is 0 Å². The summed E-state index contributed by atoms with van der Waals surface area (Å²) in [5, 5.41) is 0. The molecule has 0 radical (unpaired) electrons. The molecule has 0 aliphatic rings. The summed E-state index contributed by atoms with van der Waals surface area (Å²) in [6.45, 7) is 0. The fourth-order valence-corrected chi connectivity index (χ4v) is 0.209. The molecule has 0 aliphatic carbocycles. The molecule has 0 fully saturated rings. The molecule has 0 saturated carbocycles. The molecule has 0 atom stereocenters. The number of carbonyl (C=O) groups is 1. The van der Waals surface area contributed by atoms with Gasteiger partial charge in [0.15, 0.2) is 0 Å². The van der Waals surface area contributed by atoms with Crippen LogP contribution in [0.25, 0.3) is 0 Å². The first-order valence-electron chi connectivity index (χ1n) is 2.01. The third-order valence-electron chi connectivity index (χ3n) is 0.549. The van der Waals surface area contributed by atoms with Crippen LogP contribution in [0.1, 0.15) is 6.42 Å². The van der Waals surface area contributed by atoms with Gasteiger partial charge in [0, 0.05) is 0 Å². The van der Waals surface area contributed by atoms with Crippen LogP contribution in [-0.4, -0.2) is 19.5 Å². The third kappa shape index (κ3) is 3.52. The second kappa shape index (κ2) is 3.35. The number of hydrogen-bond acceptors (Lipinski definition) is 2. The van der Waals surface area contributed by atoms with Crippen LogP contribution in [0, 0.1) is 0 Å². The Labute approximate surface area is 45.4 Å². The number of hydrogen-bond donors (Lipinski definition) is 0. The minimum absolute atomic E-state index is 0.809. The van der Waals surface area contributed by atoms with Crippen LogP contribution >= 0.6 is 0 Å². The van der Waals surface area contributed by atoms with Crippen LogP contribution in [-0.2, 0) is 9.53 Å². The van der Waals surface area contributed by atoms with Crippen molar-refractivity contribution in [3.8, 4) is 0 Å². The van der Waals surface area contributed by atoms with Crippen LogP contribution in [0.2, 0.25) is 0 Å². The van der Waals surface area contributed by atoms with E-state index < -0.39 is 18.8 Å². The molecule has 48 valence electrons. The molecule has 0 heterocycles. The van der Waals surface area contributed by atoms with Crippen LogP contribution in [0.3, 0.4) is 0 Å². The predicted octanol–water partition coefficient (Wildman–Crippen LogP) is 0.815. The zero-order valence-electron chi connectivity index (χ0n) is 4.36. The molecule has 0 amide bonds. The smallest absolute Gasteiger partial charge is 0.311 e. The highest BCUT2D eigenvalue weighted by Gasteiger charge is 2.09. The quantitative estimate of drug-likeness (QED) is 0.509. The van der Waals surface area contributed by atoms with Gasteiger partial charge in [-0.3, -0.25) is 4.79 Å². The third-order valence-corrected chi connectivity index (χ3v) is 0.549. The normalized spacial score (nSPS) is 9.50. The Hall–Kier alpha value is -0.670. The molecule has 0 spiro atoms. The van der Waals surface area contributed by atoms with Gasteiger partial charge in [-0.25, -0.2) is 8.78 Å². The number of rotatable bonds is 2. The molecule has 0 aromatic rings. The minimum Gasteiger partial charge on any atom is -0.469 e. The number of carbonyl (C=O) groups excluding carboxylic acids is 1. The van der Waals surface area contributed by atoms with Crippen molar-refractivity contribution >= 4 is 5.97 Å². The summed E-state index contributed by atoms with van der Waals surface area (Å²) in [6.07, 6.45) is -3.40. The van der Waals surface area contributed by atoms with E-state index in [4.69, 9.17) is 0 Å². The van der Waals surface area contributed by atoms with Gasteiger partial charge in [-0.05, 0) is 0 Å². The molecule has 2 nitrogen and oxygen atoms in total. The molecule has 0 aromatic carbocycles. The zero-order chi connectivity index (χ0) is 6.57. The lowest BCUT2D eigenvalue weighted by Gasteiger charge is -1.94. The van der Waals surface area contributed by atoms with Crippen molar-refractivity contribution in [3.05, 3.63) is 0 Å². The Balaban J connectivity index is 3.25. The molecular formula is C4H6F2O2. The largest absolute Gasteiger partial charge is 0.469 e. The van der Waals surface area contributed by atoms with Crippen molar-refractivity contribution in [2.24, 2.45) is 0 Å². The standard InChI is InChI=1S/C4H6F2O2/c1-8-4(7)2-3(5)6/h3H,2H2,1H3. The number of esters is 1. The number of halogens is 2. The topological polar surface area (TPSA) is 26.3 Å². The fraction of sp³-hybridized carbons (Fsp3) is 0.750. The average Bonchev–Trinajstić information content (AvgIpc) is 1.65. The van der Waals surface area contributed by atoms with Gasteiger partial charge in [-0.2, -0.15) is 0 Å². The first-order chi connectivity index (χ1) is 3.66. The average molecular weight is 124 g/mol. The van der Waals surface area contributed by atoms with Gasteiger partial charge in [-0.1, -0.05) is 0 Å². The Morgan fingerprint density at radius 1 is 1.75 bits per heavy atom. The van der Waals surface area contributed by atoms with E-state index >= 15 is 0 Å². The Kier molecular flexibility index (Phi) is 3.07. The van der Waals surface area contributed by atoms with Crippen molar-refractivity contribution in [3.63, 3.8) is 0 Å². The minimum atomic E-state index is -2.59. The summed E-state index contributed by atoms with van der Waals surface area (Å²) in [5.74, 6) is -0.875. The lowest BCUT2D eigenvalue weighted by Crippen LogP contribution is -2.05. The van der Waals surface area contributed by atoms with E-state index in [0.29, 0.717) is 0 Å². The molecule has 4 heteroatoms. The highest BCUT2D eigenvalue weighted by molar-refractivity contribution is 5.69. The van der Waals surface area contributed by atoms with E-state index in [-0.39, 0.29) is 0 Å². The Bertz CT molecular complexity index is 82.1. The summed E-state index contributed by atoms with van der Waals surface area (Å²) in [6, 6.07) is 0. The van der Waals surface area contributed by atoms with E-state index in [1.165, 1.54) is 0 Å². The molecule has 0 aliphatic heterocycles. The maximum absolute atomic E-state index is 11.2. The lowest BCUT2D eigenvalue weighted by atomic mass is 10.5. The van der Waals surface area contributed by atoms with E-state index in [0.717, 1.165) is 7.11 Å². The molecule has 0 rings (SSSR count). The van der Waals surface area contributed by atoms with Crippen molar-refractivity contribution in [1.82, 2.24) is 0 Å². The van der Waals surface area contributed by atoms with Gasteiger partial charge >= 0.3 is 5.97 Å². The molecule has 0 saturated heterocycles. The van der Waals surface area contributed by atoms with E-state index in [1.807, 2.05) is 0 Å². The molecule has 0 unspecified atom stereocenters. The summed E-state index contributed by atoms with van der Waals surface area (Å²) in [7, 11) is 1.07. The van der Waals surface area contributed by atoms with Gasteiger partial charge in [0.25, 0.3) is 0 Å². The summed E-state index contributed by atoms with van der Waals surface area (Å²) in [4.78, 5) is 9.92. The molecule has 0 N–H and O–H groups in total. The Morgan fingerprint density at radius 2 is 2.25 bits per heavy atom. The maximum atomic E-state index is 11.2. The van der Waals surface area contributed by atoms with Gasteiger partial charge in [0.05, 0.1) is 7.11 Å². The monoisotopic (exact) mass is 124 g/mol. The van der Waals surface area contributed by atoms with E-state index in [1.54, 1.807) is 0 Å². The first kappa shape index (κ1) is 7.33. The van der Waals surface area contributed by atoms with Crippen molar-refractivity contribution in [1.29, 1.82) is 0 Å². The highest BCUT2D eigenvalue weighted by atomic mass is 19.3. The van der Waals surface area contributed by atoms with Crippen molar-refractivity contribution < 1.29 is 18.3 Å². The molecule has 0 aromatic heterocycles. The second-order valence-electron chi connectivity index (χ2n) is 1.17.